The average molecular weight is 526 g/mol. The number of piperidine rings is 1. The third-order valence-electron chi connectivity index (χ3n) is 5.94. The minimum absolute atomic E-state index is 0.0950. The summed E-state index contributed by atoms with van der Waals surface area (Å²) in [5, 5.41) is 6.15. The highest BCUT2D eigenvalue weighted by Gasteiger charge is 2.26. The van der Waals surface area contributed by atoms with E-state index in [1.165, 1.54) is 24.4 Å². The standard InChI is InChI=1S/C24H27F4N5O2S/c1-14-7-20(15-3-4-16(19(26)8-15)13-36(34,35)6-5-24(2,27)28)32-21-12-30-23(33-22(14)21)31-18-9-17(25)10-29-11-18/h3-4,7-8,12,17-18,29H,5-6,9-11,13H2,1-2H3,(H,30,31,33)/t17-,18-/m0/s1. The second-order valence-corrected chi connectivity index (χ2v) is 11.5. The smallest absolute Gasteiger partial charge is 0.246 e. The highest BCUT2D eigenvalue weighted by Crippen LogP contribution is 2.27. The van der Waals surface area contributed by atoms with Crippen LogP contribution in [0.4, 0.5) is 23.5 Å². The maximum atomic E-state index is 14.8. The number of benzene rings is 1. The number of hydrogen-bond acceptors (Lipinski definition) is 7. The number of nitrogens with zero attached hydrogens (tertiary/aromatic N) is 3. The summed E-state index contributed by atoms with van der Waals surface area (Å²) in [7, 11) is -3.90. The van der Waals surface area contributed by atoms with Gasteiger partial charge in [0.25, 0.3) is 0 Å². The topological polar surface area (TPSA) is 96.9 Å². The molecule has 1 aliphatic rings. The molecular formula is C24H27F4N5O2S. The predicted molar refractivity (Wildman–Crippen MR) is 130 cm³/mol. The molecule has 0 bridgehead atoms. The van der Waals surface area contributed by atoms with E-state index in [4.69, 9.17) is 0 Å². The molecule has 0 saturated carbocycles. The molecule has 0 radical (unpaired) electrons. The first-order valence-electron chi connectivity index (χ1n) is 11.5. The Morgan fingerprint density at radius 1 is 1.19 bits per heavy atom. The normalized spacial score (nSPS) is 18.9. The van der Waals surface area contributed by atoms with Crippen LogP contribution in [0, 0.1) is 12.7 Å². The van der Waals surface area contributed by atoms with Gasteiger partial charge in [-0.3, -0.25) is 0 Å². The molecule has 2 atom stereocenters. The van der Waals surface area contributed by atoms with Crippen molar-refractivity contribution in [1.29, 1.82) is 0 Å². The van der Waals surface area contributed by atoms with Crippen molar-refractivity contribution in [2.45, 2.75) is 50.6 Å². The maximum absolute atomic E-state index is 14.8. The van der Waals surface area contributed by atoms with Crippen molar-refractivity contribution in [2.75, 3.05) is 24.2 Å². The van der Waals surface area contributed by atoms with Crippen LogP contribution in [0.3, 0.4) is 0 Å². The van der Waals surface area contributed by atoms with E-state index in [2.05, 4.69) is 25.6 Å². The second kappa shape index (κ2) is 10.3. The number of aromatic nitrogens is 3. The van der Waals surface area contributed by atoms with E-state index in [1.54, 1.807) is 6.07 Å². The molecule has 1 aliphatic heterocycles. The first-order chi connectivity index (χ1) is 16.9. The number of halogens is 4. The van der Waals surface area contributed by atoms with Crippen molar-refractivity contribution in [3.8, 4) is 11.3 Å². The number of anilines is 1. The van der Waals surface area contributed by atoms with Gasteiger partial charge in [0.15, 0.2) is 9.84 Å². The fourth-order valence-electron chi connectivity index (χ4n) is 4.05. The van der Waals surface area contributed by atoms with Gasteiger partial charge in [-0.25, -0.2) is 40.9 Å². The van der Waals surface area contributed by atoms with E-state index in [-0.39, 0.29) is 11.6 Å². The van der Waals surface area contributed by atoms with Crippen molar-refractivity contribution in [3.05, 3.63) is 47.4 Å². The zero-order chi connectivity index (χ0) is 26.1. The number of sulfone groups is 1. The molecular weight excluding hydrogens is 498 g/mol. The van der Waals surface area contributed by atoms with Crippen LogP contribution in [0.1, 0.15) is 30.9 Å². The van der Waals surface area contributed by atoms with Gasteiger partial charge in [-0.15, -0.1) is 0 Å². The highest BCUT2D eigenvalue weighted by atomic mass is 32.2. The van der Waals surface area contributed by atoms with Crippen molar-refractivity contribution in [1.82, 2.24) is 20.3 Å². The van der Waals surface area contributed by atoms with E-state index in [9.17, 15) is 26.0 Å². The predicted octanol–water partition coefficient (Wildman–Crippen LogP) is 4.21. The average Bonchev–Trinajstić information content (AvgIpc) is 2.79. The highest BCUT2D eigenvalue weighted by molar-refractivity contribution is 7.90. The molecule has 2 aromatic heterocycles. The minimum atomic E-state index is -3.90. The van der Waals surface area contributed by atoms with E-state index < -0.39 is 45.7 Å². The molecule has 194 valence electrons. The molecule has 0 spiro atoms. The van der Waals surface area contributed by atoms with Gasteiger partial charge in [-0.2, -0.15) is 0 Å². The molecule has 1 aromatic carbocycles. The lowest BCUT2D eigenvalue weighted by Gasteiger charge is -2.26. The largest absolute Gasteiger partial charge is 0.350 e. The number of pyridine rings is 1. The summed E-state index contributed by atoms with van der Waals surface area (Å²) in [6, 6.07) is 5.63. The van der Waals surface area contributed by atoms with Gasteiger partial charge in [-0.1, -0.05) is 12.1 Å². The van der Waals surface area contributed by atoms with Gasteiger partial charge in [0.2, 0.25) is 11.9 Å². The lowest BCUT2D eigenvalue weighted by atomic mass is 10.1. The Kier molecular flexibility index (Phi) is 7.46. The van der Waals surface area contributed by atoms with Gasteiger partial charge < -0.3 is 10.6 Å². The Morgan fingerprint density at radius 3 is 2.67 bits per heavy atom. The second-order valence-electron chi connectivity index (χ2n) is 9.30. The molecule has 0 unspecified atom stereocenters. The molecule has 12 heteroatoms. The molecule has 2 N–H and O–H groups in total. The summed E-state index contributed by atoms with van der Waals surface area (Å²) in [5.41, 5.74) is 2.60. The first kappa shape index (κ1) is 26.2. The van der Waals surface area contributed by atoms with Gasteiger partial charge in [0.05, 0.1) is 28.9 Å². The lowest BCUT2D eigenvalue weighted by molar-refractivity contribution is 0.0189. The summed E-state index contributed by atoms with van der Waals surface area (Å²) < 4.78 is 78.8. The van der Waals surface area contributed by atoms with Crippen LogP contribution in [0.15, 0.2) is 30.5 Å². The molecule has 4 rings (SSSR count). The van der Waals surface area contributed by atoms with Crippen LogP contribution in [-0.4, -0.2) is 60.3 Å². The first-order valence-corrected chi connectivity index (χ1v) is 13.3. The number of aryl methyl sites for hydroxylation is 1. The van der Waals surface area contributed by atoms with E-state index in [1.807, 2.05) is 6.92 Å². The Hall–Kier alpha value is -2.86. The molecule has 36 heavy (non-hydrogen) atoms. The number of alkyl halides is 3. The third kappa shape index (κ3) is 6.67. The molecule has 0 aliphatic carbocycles. The van der Waals surface area contributed by atoms with Crippen molar-refractivity contribution in [3.63, 3.8) is 0 Å². The van der Waals surface area contributed by atoms with Gasteiger partial charge in [0.1, 0.15) is 17.5 Å². The zero-order valence-electron chi connectivity index (χ0n) is 19.9. The van der Waals surface area contributed by atoms with Gasteiger partial charge in [0, 0.05) is 43.1 Å². The lowest BCUT2D eigenvalue weighted by Crippen LogP contribution is -2.44. The van der Waals surface area contributed by atoms with Crippen molar-refractivity contribution < 1.29 is 26.0 Å². The number of fused-ring (bicyclic) bond motifs is 1. The third-order valence-corrected chi connectivity index (χ3v) is 7.52. The molecule has 0 amide bonds. The van der Waals surface area contributed by atoms with Gasteiger partial charge >= 0.3 is 0 Å². The molecule has 3 aromatic rings. The summed E-state index contributed by atoms with van der Waals surface area (Å²) in [4.78, 5) is 13.3. The molecule has 7 nitrogen and oxygen atoms in total. The summed E-state index contributed by atoms with van der Waals surface area (Å²) in [6.07, 6.45) is 0.141. The van der Waals surface area contributed by atoms with E-state index in [0.717, 1.165) is 5.56 Å². The Bertz CT molecular complexity index is 1360. The van der Waals surface area contributed by atoms with Crippen LogP contribution < -0.4 is 10.6 Å². The molecule has 3 heterocycles. The Labute approximate surface area is 206 Å². The van der Waals surface area contributed by atoms with Crippen LogP contribution in [0.25, 0.3) is 22.3 Å². The molecule has 1 fully saturated rings. The Morgan fingerprint density at radius 2 is 1.97 bits per heavy atom. The van der Waals surface area contributed by atoms with Gasteiger partial charge in [-0.05, 0) is 31.5 Å². The number of hydrogen-bond donors (Lipinski definition) is 2. The number of rotatable bonds is 8. The Balaban J connectivity index is 1.53. The van der Waals surface area contributed by atoms with Crippen LogP contribution >= 0.6 is 0 Å². The van der Waals surface area contributed by atoms with Crippen LogP contribution in [0.2, 0.25) is 0 Å². The van der Waals surface area contributed by atoms with E-state index in [0.29, 0.717) is 54.7 Å². The van der Waals surface area contributed by atoms with Crippen molar-refractivity contribution >= 4 is 26.8 Å². The van der Waals surface area contributed by atoms with Crippen molar-refractivity contribution in [2.24, 2.45) is 0 Å². The van der Waals surface area contributed by atoms with Crippen LogP contribution in [0.5, 0.6) is 0 Å². The SMILES string of the molecule is Cc1cc(-c2ccc(CS(=O)(=O)CCC(C)(F)F)c(F)c2)nc2cnc(N[C@@H]3CNC[C@@H](F)C3)nc12. The summed E-state index contributed by atoms with van der Waals surface area (Å²) >= 11 is 0. The quantitative estimate of drug-likeness (QED) is 0.425. The zero-order valence-corrected chi connectivity index (χ0v) is 20.7. The van der Waals surface area contributed by atoms with Crippen LogP contribution in [-0.2, 0) is 15.6 Å². The fraction of sp³-hybridized carbons (Fsp3) is 0.458. The minimum Gasteiger partial charge on any atom is -0.350 e. The molecule has 1 saturated heterocycles. The van der Waals surface area contributed by atoms with E-state index >= 15 is 0 Å². The monoisotopic (exact) mass is 525 g/mol. The number of nitrogens with one attached hydrogen (secondary N) is 2. The maximum Gasteiger partial charge on any atom is 0.246 e. The fourth-order valence-corrected chi connectivity index (χ4v) is 5.57. The summed E-state index contributed by atoms with van der Waals surface area (Å²) in [6.45, 7) is 3.41. The summed E-state index contributed by atoms with van der Waals surface area (Å²) in [5.74, 6) is -4.91.